The minimum absolute atomic E-state index is 0.155. The molecule has 30 heavy (non-hydrogen) atoms. The molecule has 1 aromatic heterocycles. The van der Waals surface area contributed by atoms with E-state index >= 15 is 0 Å². The minimum Gasteiger partial charge on any atom is -0.344 e. The maximum atomic E-state index is 12.9. The van der Waals surface area contributed by atoms with Crippen molar-refractivity contribution in [2.45, 2.75) is 32.7 Å². The number of carbonyl (C=O) groups excluding carboxylic acids is 2. The van der Waals surface area contributed by atoms with E-state index < -0.39 is 6.04 Å². The molecule has 6 nitrogen and oxygen atoms in total. The monoisotopic (exact) mass is 442 g/mol. The van der Waals surface area contributed by atoms with Gasteiger partial charge in [-0.05, 0) is 23.6 Å². The first-order chi connectivity index (χ1) is 14.4. The van der Waals surface area contributed by atoms with Crippen molar-refractivity contribution in [1.82, 2.24) is 15.5 Å². The van der Waals surface area contributed by atoms with E-state index in [2.05, 4.69) is 20.8 Å². The van der Waals surface area contributed by atoms with Crippen molar-refractivity contribution < 1.29 is 9.59 Å². The summed E-state index contributed by atoms with van der Waals surface area (Å²) >= 11 is 7.29. The molecular formula is C22H23ClN4O2S. The Kier molecular flexibility index (Phi) is 7.54. The second-order valence-electron chi connectivity index (χ2n) is 7.32. The van der Waals surface area contributed by atoms with Gasteiger partial charge in [-0.1, -0.05) is 79.2 Å². The normalized spacial score (nSPS) is 11.9. The number of aromatic nitrogens is 2. The van der Waals surface area contributed by atoms with E-state index in [1.54, 1.807) is 12.1 Å². The lowest BCUT2D eigenvalue weighted by Crippen LogP contribution is -2.45. The van der Waals surface area contributed by atoms with Crippen LogP contribution in [-0.4, -0.2) is 28.1 Å². The first-order valence-corrected chi connectivity index (χ1v) is 10.8. The van der Waals surface area contributed by atoms with Gasteiger partial charge in [-0.25, -0.2) is 0 Å². The number of nitrogens with one attached hydrogen (secondary N) is 2. The minimum atomic E-state index is -0.711. The van der Waals surface area contributed by atoms with Gasteiger partial charge >= 0.3 is 0 Å². The summed E-state index contributed by atoms with van der Waals surface area (Å²) in [5.74, 6) is -0.281. The molecule has 0 unspecified atom stereocenters. The molecular weight excluding hydrogens is 420 g/mol. The highest BCUT2D eigenvalue weighted by atomic mass is 35.5. The van der Waals surface area contributed by atoms with Crippen LogP contribution in [0.4, 0.5) is 5.13 Å². The zero-order chi connectivity index (χ0) is 21.5. The third kappa shape index (κ3) is 6.37. The molecule has 0 radical (unpaired) electrons. The van der Waals surface area contributed by atoms with Crippen LogP contribution < -0.4 is 10.6 Å². The van der Waals surface area contributed by atoms with Crippen LogP contribution in [0.15, 0.2) is 54.6 Å². The molecule has 0 aliphatic rings. The van der Waals surface area contributed by atoms with Gasteiger partial charge in [0.25, 0.3) is 0 Å². The Labute approximate surface area is 184 Å². The predicted molar refractivity (Wildman–Crippen MR) is 121 cm³/mol. The van der Waals surface area contributed by atoms with Gasteiger partial charge in [0, 0.05) is 23.4 Å². The molecule has 0 saturated heterocycles. The molecule has 0 aliphatic heterocycles. The molecule has 1 heterocycles. The van der Waals surface area contributed by atoms with Gasteiger partial charge in [0.05, 0.1) is 0 Å². The summed E-state index contributed by atoms with van der Waals surface area (Å²) < 4.78 is 0. The van der Waals surface area contributed by atoms with Crippen molar-refractivity contribution in [1.29, 1.82) is 0 Å². The molecule has 0 fully saturated rings. The number of amides is 2. The summed E-state index contributed by atoms with van der Waals surface area (Å²) in [6.07, 6.45) is 0.743. The Morgan fingerprint density at radius 3 is 2.53 bits per heavy atom. The SMILES string of the molecule is CC(C)CC(=O)N[C@@H](Cc1ccccc1)C(=O)Nc1nnc(-c2cccc(Cl)c2)s1. The maximum absolute atomic E-state index is 12.9. The highest BCUT2D eigenvalue weighted by Crippen LogP contribution is 2.28. The number of halogens is 1. The third-order valence-electron chi connectivity index (χ3n) is 4.25. The Morgan fingerprint density at radius 2 is 1.83 bits per heavy atom. The van der Waals surface area contributed by atoms with Gasteiger partial charge < -0.3 is 5.32 Å². The lowest BCUT2D eigenvalue weighted by atomic mass is 10.0. The lowest BCUT2D eigenvalue weighted by Gasteiger charge is -2.18. The van der Waals surface area contributed by atoms with Gasteiger partial charge in [0.2, 0.25) is 16.9 Å². The molecule has 2 N–H and O–H groups in total. The van der Waals surface area contributed by atoms with Gasteiger partial charge in [-0.15, -0.1) is 10.2 Å². The highest BCUT2D eigenvalue weighted by Gasteiger charge is 2.23. The van der Waals surface area contributed by atoms with Crippen molar-refractivity contribution >= 4 is 39.9 Å². The highest BCUT2D eigenvalue weighted by molar-refractivity contribution is 7.18. The Balaban J connectivity index is 1.73. The maximum Gasteiger partial charge on any atom is 0.249 e. The smallest absolute Gasteiger partial charge is 0.249 e. The van der Waals surface area contributed by atoms with Crippen LogP contribution >= 0.6 is 22.9 Å². The number of benzene rings is 2. The van der Waals surface area contributed by atoms with E-state index in [1.807, 2.05) is 56.3 Å². The van der Waals surface area contributed by atoms with Crippen LogP contribution in [0.5, 0.6) is 0 Å². The number of carbonyl (C=O) groups is 2. The third-order valence-corrected chi connectivity index (χ3v) is 5.38. The van der Waals surface area contributed by atoms with Crippen LogP contribution in [0.2, 0.25) is 5.02 Å². The summed E-state index contributed by atoms with van der Waals surface area (Å²) in [7, 11) is 0. The second-order valence-corrected chi connectivity index (χ2v) is 8.73. The molecule has 0 bridgehead atoms. The largest absolute Gasteiger partial charge is 0.344 e. The topological polar surface area (TPSA) is 84.0 Å². The number of anilines is 1. The van der Waals surface area contributed by atoms with E-state index in [0.29, 0.717) is 28.0 Å². The average Bonchev–Trinajstić information content (AvgIpc) is 3.16. The molecule has 3 rings (SSSR count). The summed E-state index contributed by atoms with van der Waals surface area (Å²) in [6, 6.07) is 16.1. The lowest BCUT2D eigenvalue weighted by molar-refractivity contribution is -0.127. The molecule has 0 aliphatic carbocycles. The summed E-state index contributed by atoms with van der Waals surface area (Å²) in [5.41, 5.74) is 1.78. The molecule has 156 valence electrons. The summed E-state index contributed by atoms with van der Waals surface area (Å²) in [4.78, 5) is 25.2. The molecule has 0 spiro atoms. The van der Waals surface area contributed by atoms with Crippen molar-refractivity contribution in [2.75, 3.05) is 5.32 Å². The van der Waals surface area contributed by atoms with E-state index in [4.69, 9.17) is 11.6 Å². The fraction of sp³-hybridized carbons (Fsp3) is 0.273. The summed E-state index contributed by atoms with van der Waals surface area (Å²) in [6.45, 7) is 3.93. The number of hydrogen-bond acceptors (Lipinski definition) is 5. The average molecular weight is 443 g/mol. The van der Waals surface area contributed by atoms with Gasteiger partial charge in [-0.3, -0.25) is 14.9 Å². The summed E-state index contributed by atoms with van der Waals surface area (Å²) in [5, 5.41) is 15.4. The van der Waals surface area contributed by atoms with Crippen LogP contribution in [0.1, 0.15) is 25.8 Å². The number of nitrogens with zero attached hydrogens (tertiary/aromatic N) is 2. The van der Waals surface area contributed by atoms with Crippen LogP contribution in [-0.2, 0) is 16.0 Å². The van der Waals surface area contributed by atoms with E-state index in [-0.39, 0.29) is 17.7 Å². The fourth-order valence-corrected chi connectivity index (χ4v) is 3.82. The first kappa shape index (κ1) is 21.9. The molecule has 3 aromatic rings. The van der Waals surface area contributed by atoms with Crippen molar-refractivity contribution in [3.63, 3.8) is 0 Å². The quantitative estimate of drug-likeness (QED) is 0.535. The van der Waals surface area contributed by atoms with E-state index in [9.17, 15) is 9.59 Å². The Morgan fingerprint density at radius 1 is 1.07 bits per heavy atom. The number of rotatable bonds is 8. The molecule has 1 atom stereocenters. The Hall–Kier alpha value is -2.77. The predicted octanol–water partition coefficient (Wildman–Crippen LogP) is 4.57. The second kappa shape index (κ2) is 10.3. The zero-order valence-corrected chi connectivity index (χ0v) is 18.3. The zero-order valence-electron chi connectivity index (χ0n) is 16.8. The van der Waals surface area contributed by atoms with Crippen molar-refractivity contribution in [2.24, 2.45) is 5.92 Å². The van der Waals surface area contributed by atoms with Crippen molar-refractivity contribution in [3.8, 4) is 10.6 Å². The Bertz CT molecular complexity index is 1010. The van der Waals surface area contributed by atoms with Gasteiger partial charge in [-0.2, -0.15) is 0 Å². The first-order valence-electron chi connectivity index (χ1n) is 9.64. The van der Waals surface area contributed by atoms with Crippen LogP contribution in [0, 0.1) is 5.92 Å². The standard InChI is InChI=1S/C22H23ClN4O2S/c1-14(2)11-19(28)24-18(12-15-7-4-3-5-8-15)20(29)25-22-27-26-21(30-22)16-9-6-10-17(23)13-16/h3-10,13-14,18H,11-12H2,1-2H3,(H,24,28)(H,25,27,29)/t18-/m0/s1. The van der Waals surface area contributed by atoms with E-state index in [0.717, 1.165) is 11.1 Å². The van der Waals surface area contributed by atoms with Crippen molar-refractivity contribution in [3.05, 3.63) is 65.2 Å². The van der Waals surface area contributed by atoms with Crippen LogP contribution in [0.25, 0.3) is 10.6 Å². The molecule has 0 saturated carbocycles. The molecule has 8 heteroatoms. The molecule has 2 aromatic carbocycles. The van der Waals surface area contributed by atoms with Crippen LogP contribution in [0.3, 0.4) is 0 Å². The van der Waals surface area contributed by atoms with E-state index in [1.165, 1.54) is 11.3 Å². The van der Waals surface area contributed by atoms with Gasteiger partial charge in [0.15, 0.2) is 0 Å². The fourth-order valence-electron chi connectivity index (χ4n) is 2.89. The molecule has 2 amide bonds. The number of hydrogen-bond donors (Lipinski definition) is 2. The van der Waals surface area contributed by atoms with Gasteiger partial charge in [0.1, 0.15) is 11.0 Å².